The molecule has 0 saturated carbocycles. The molecule has 1 aromatic carbocycles. The van der Waals surface area contributed by atoms with Crippen LogP contribution in [0.1, 0.15) is 25.3 Å². The van der Waals surface area contributed by atoms with Gasteiger partial charge in [0.25, 0.3) is 5.69 Å². The largest absolute Gasteiger partial charge is 0.463 e. The van der Waals surface area contributed by atoms with Crippen LogP contribution in [0.2, 0.25) is 0 Å². The van der Waals surface area contributed by atoms with Crippen LogP contribution in [0.5, 0.6) is 0 Å². The molecular weight excluding hydrogens is 340 g/mol. The number of carbonyl (C=O) groups is 1. The van der Waals surface area contributed by atoms with Crippen molar-refractivity contribution < 1.29 is 14.5 Å². The number of hydrogen-bond donors (Lipinski definition) is 0. The Labute approximate surface area is 150 Å². The average Bonchev–Trinajstić information content (AvgIpc) is 3.16. The van der Waals surface area contributed by atoms with Gasteiger partial charge in [-0.1, -0.05) is 11.8 Å². The molecule has 0 spiro atoms. The molecule has 2 heterocycles. The predicted octanol–water partition coefficient (Wildman–Crippen LogP) is 3.59. The number of rotatable bonds is 5. The Kier molecular flexibility index (Phi) is 5.55. The zero-order valence-electron chi connectivity index (χ0n) is 14.0. The lowest BCUT2D eigenvalue weighted by Gasteiger charge is -2.29. The normalized spacial score (nSPS) is 20.8. The van der Waals surface area contributed by atoms with Gasteiger partial charge < -0.3 is 4.74 Å². The van der Waals surface area contributed by atoms with Gasteiger partial charge in [-0.3, -0.25) is 15.0 Å². The minimum absolute atomic E-state index is 0.0732. The molecule has 1 fully saturated rings. The van der Waals surface area contributed by atoms with Crippen molar-refractivity contribution in [3.63, 3.8) is 0 Å². The molecule has 132 valence electrons. The summed E-state index contributed by atoms with van der Waals surface area (Å²) in [6.07, 6.45) is 4.32. The topological polar surface area (TPSA) is 72.7 Å². The number of ether oxygens (including phenoxy) is 1. The number of benzene rings is 1. The standard InChI is InChI=1S/C18H20N2O4S/c1-2-24-18(21)15-12-25-17(11-16(15)19-9-3-4-10-19)13-5-7-14(8-6-13)20(22)23/h5-8,11-12,16H,2-4,9-10H2,1H3. The van der Waals surface area contributed by atoms with Gasteiger partial charge in [0.05, 0.1) is 23.1 Å². The first kappa shape index (κ1) is 17.7. The maximum absolute atomic E-state index is 12.3. The maximum Gasteiger partial charge on any atom is 0.336 e. The molecule has 6 nitrogen and oxygen atoms in total. The molecule has 1 atom stereocenters. The fourth-order valence-corrected chi connectivity index (χ4v) is 4.06. The lowest BCUT2D eigenvalue weighted by atomic mass is 10.0. The Morgan fingerprint density at radius 2 is 2.00 bits per heavy atom. The van der Waals surface area contributed by atoms with Crippen molar-refractivity contribution in [2.24, 2.45) is 0 Å². The van der Waals surface area contributed by atoms with Crippen LogP contribution in [-0.4, -0.2) is 41.5 Å². The van der Waals surface area contributed by atoms with Gasteiger partial charge in [-0.2, -0.15) is 0 Å². The van der Waals surface area contributed by atoms with E-state index < -0.39 is 4.92 Å². The Balaban J connectivity index is 1.87. The Bertz CT molecular complexity index is 721. The summed E-state index contributed by atoms with van der Waals surface area (Å²) in [5, 5.41) is 12.7. The summed E-state index contributed by atoms with van der Waals surface area (Å²) in [5.41, 5.74) is 1.65. The molecule has 0 radical (unpaired) electrons. The summed E-state index contributed by atoms with van der Waals surface area (Å²) in [5.74, 6) is -0.272. The Morgan fingerprint density at radius 3 is 2.60 bits per heavy atom. The summed E-state index contributed by atoms with van der Waals surface area (Å²) in [6, 6.07) is 6.41. The van der Waals surface area contributed by atoms with E-state index in [1.165, 1.54) is 23.9 Å². The summed E-state index contributed by atoms with van der Waals surface area (Å²) < 4.78 is 5.20. The molecule has 2 aliphatic rings. The number of non-ortho nitro benzene ring substituents is 1. The van der Waals surface area contributed by atoms with Gasteiger partial charge in [0.1, 0.15) is 0 Å². The first-order valence-corrected chi connectivity index (χ1v) is 9.22. The third-order valence-corrected chi connectivity index (χ3v) is 5.35. The molecule has 2 aliphatic heterocycles. The van der Waals surface area contributed by atoms with Crippen molar-refractivity contribution >= 4 is 28.3 Å². The SMILES string of the molecule is CCOC(=O)C1=CSC(c2ccc([N+](=O)[O-])cc2)=CC1N1CCCC1. The lowest BCUT2D eigenvalue weighted by molar-refractivity contribution is -0.384. The van der Waals surface area contributed by atoms with Crippen LogP contribution in [0.4, 0.5) is 5.69 Å². The summed E-state index contributed by atoms with van der Waals surface area (Å²) >= 11 is 1.46. The quantitative estimate of drug-likeness (QED) is 0.454. The summed E-state index contributed by atoms with van der Waals surface area (Å²) in [6.45, 7) is 4.07. The molecule has 0 bridgehead atoms. The number of nitro benzene ring substituents is 1. The third-order valence-electron chi connectivity index (χ3n) is 4.35. The van der Waals surface area contributed by atoms with Crippen LogP contribution in [0, 0.1) is 10.1 Å². The van der Waals surface area contributed by atoms with Gasteiger partial charge in [-0.15, -0.1) is 0 Å². The van der Waals surface area contributed by atoms with Crippen LogP contribution in [0.25, 0.3) is 4.91 Å². The molecule has 1 unspecified atom stereocenters. The number of nitrogens with zero attached hydrogens (tertiary/aromatic N) is 2. The van der Waals surface area contributed by atoms with Gasteiger partial charge in [-0.25, -0.2) is 4.79 Å². The number of nitro groups is 1. The van der Waals surface area contributed by atoms with Gasteiger partial charge in [0.2, 0.25) is 0 Å². The summed E-state index contributed by atoms with van der Waals surface area (Å²) in [7, 11) is 0. The van der Waals surface area contributed by atoms with Crippen molar-refractivity contribution in [2.45, 2.75) is 25.8 Å². The lowest BCUT2D eigenvalue weighted by Crippen LogP contribution is -2.36. The third kappa shape index (κ3) is 3.93. The molecule has 0 aromatic heterocycles. The van der Waals surface area contributed by atoms with E-state index in [4.69, 9.17) is 4.74 Å². The number of thioether (sulfide) groups is 1. The number of likely N-dealkylation sites (tertiary alicyclic amines) is 1. The number of hydrogen-bond acceptors (Lipinski definition) is 6. The number of esters is 1. The second-order valence-electron chi connectivity index (χ2n) is 5.93. The van der Waals surface area contributed by atoms with Crippen LogP contribution >= 0.6 is 11.8 Å². The van der Waals surface area contributed by atoms with E-state index >= 15 is 0 Å². The zero-order valence-corrected chi connectivity index (χ0v) is 14.8. The average molecular weight is 360 g/mol. The molecule has 1 saturated heterocycles. The molecule has 0 N–H and O–H groups in total. The minimum Gasteiger partial charge on any atom is -0.463 e. The second-order valence-corrected chi connectivity index (χ2v) is 6.85. The predicted molar refractivity (Wildman–Crippen MR) is 98.0 cm³/mol. The van der Waals surface area contributed by atoms with E-state index in [0.717, 1.165) is 36.4 Å². The van der Waals surface area contributed by atoms with E-state index in [1.54, 1.807) is 19.1 Å². The maximum atomic E-state index is 12.3. The van der Waals surface area contributed by atoms with E-state index in [-0.39, 0.29) is 17.7 Å². The van der Waals surface area contributed by atoms with Crippen molar-refractivity contribution in [3.8, 4) is 0 Å². The first-order chi connectivity index (χ1) is 12.1. The molecule has 0 aliphatic carbocycles. The highest BCUT2D eigenvalue weighted by atomic mass is 32.2. The Morgan fingerprint density at radius 1 is 1.32 bits per heavy atom. The van der Waals surface area contributed by atoms with Crippen LogP contribution in [-0.2, 0) is 9.53 Å². The summed E-state index contributed by atoms with van der Waals surface area (Å²) in [4.78, 5) is 26.0. The molecule has 3 rings (SSSR count). The van der Waals surface area contributed by atoms with E-state index in [1.807, 2.05) is 5.41 Å². The molecule has 1 aromatic rings. The van der Waals surface area contributed by atoms with Gasteiger partial charge in [-0.05, 0) is 62.0 Å². The van der Waals surface area contributed by atoms with Crippen LogP contribution in [0.3, 0.4) is 0 Å². The van der Waals surface area contributed by atoms with Crippen molar-refractivity contribution in [1.82, 2.24) is 4.90 Å². The van der Waals surface area contributed by atoms with Crippen LogP contribution < -0.4 is 0 Å². The second kappa shape index (κ2) is 7.84. The zero-order chi connectivity index (χ0) is 17.8. The first-order valence-electron chi connectivity index (χ1n) is 8.34. The Hall–Kier alpha value is -2.12. The fourth-order valence-electron chi connectivity index (χ4n) is 3.09. The van der Waals surface area contributed by atoms with Crippen molar-refractivity contribution in [2.75, 3.05) is 19.7 Å². The monoisotopic (exact) mass is 360 g/mol. The van der Waals surface area contributed by atoms with Gasteiger partial charge in [0.15, 0.2) is 0 Å². The van der Waals surface area contributed by atoms with Crippen molar-refractivity contribution in [3.05, 3.63) is 57.0 Å². The highest BCUT2D eigenvalue weighted by Crippen LogP contribution is 2.38. The van der Waals surface area contributed by atoms with Crippen LogP contribution in [0.15, 0.2) is 41.3 Å². The van der Waals surface area contributed by atoms with Crippen molar-refractivity contribution in [1.29, 1.82) is 0 Å². The highest BCUT2D eigenvalue weighted by Gasteiger charge is 2.31. The van der Waals surface area contributed by atoms with E-state index in [2.05, 4.69) is 11.0 Å². The van der Waals surface area contributed by atoms with Gasteiger partial charge >= 0.3 is 5.97 Å². The highest BCUT2D eigenvalue weighted by molar-refractivity contribution is 8.11. The van der Waals surface area contributed by atoms with E-state index in [9.17, 15) is 14.9 Å². The molecular formula is C18H20N2O4S. The molecule has 7 heteroatoms. The minimum atomic E-state index is -0.405. The molecule has 25 heavy (non-hydrogen) atoms. The van der Waals surface area contributed by atoms with E-state index in [0.29, 0.717) is 12.2 Å². The smallest absolute Gasteiger partial charge is 0.336 e. The van der Waals surface area contributed by atoms with Gasteiger partial charge in [0, 0.05) is 17.0 Å². The molecule has 0 amide bonds. The number of carbonyl (C=O) groups excluding carboxylic acids is 1. The fraction of sp³-hybridized carbons (Fsp3) is 0.389.